The number of hydrogen-bond donors (Lipinski definition) is 2. The van der Waals surface area contributed by atoms with Crippen molar-refractivity contribution in [3.05, 3.63) is 24.0 Å². The van der Waals surface area contributed by atoms with Crippen molar-refractivity contribution in [2.24, 2.45) is 5.16 Å². The third-order valence-electron chi connectivity index (χ3n) is 2.72. The highest BCUT2D eigenvalue weighted by Crippen LogP contribution is 2.18. The highest BCUT2D eigenvalue weighted by molar-refractivity contribution is 7.93. The molecule has 1 aromatic heterocycles. The van der Waals surface area contributed by atoms with Crippen LogP contribution in [-0.2, 0) is 19.5 Å². The van der Waals surface area contributed by atoms with Crippen molar-refractivity contribution >= 4 is 38.7 Å². The Bertz CT molecular complexity index is 668. The Morgan fingerprint density at radius 1 is 1.68 bits per heavy atom. The predicted octanol–water partition coefficient (Wildman–Crippen LogP) is 1.38. The van der Waals surface area contributed by atoms with Gasteiger partial charge in [-0.2, -0.15) is 5.10 Å². The number of nitrogens with zero attached hydrogens (tertiary/aromatic N) is 2. The number of aromatic amines is 1. The first-order valence-electron chi connectivity index (χ1n) is 6.31. The van der Waals surface area contributed by atoms with Gasteiger partial charge in [-0.25, -0.2) is 8.42 Å². The first-order valence-corrected chi connectivity index (χ1v) is 8.40. The molecule has 2 N–H and O–H groups in total. The van der Waals surface area contributed by atoms with E-state index in [1.165, 1.54) is 19.4 Å². The summed E-state index contributed by atoms with van der Waals surface area (Å²) >= 11 is 5.78. The van der Waals surface area contributed by atoms with E-state index in [2.05, 4.69) is 32.1 Å². The van der Waals surface area contributed by atoms with Gasteiger partial charge < -0.3 is 10.2 Å². The van der Waals surface area contributed by atoms with E-state index in [0.29, 0.717) is 0 Å². The fourth-order valence-electron chi connectivity index (χ4n) is 1.79. The number of amides is 1. The maximum atomic E-state index is 12.3. The van der Waals surface area contributed by atoms with Gasteiger partial charge in [0.2, 0.25) is 0 Å². The van der Waals surface area contributed by atoms with Crippen molar-refractivity contribution in [1.82, 2.24) is 10.2 Å². The number of nitrogens with one attached hydrogen (secondary N) is 2. The zero-order valence-electron chi connectivity index (χ0n) is 12.2. The molecule has 0 saturated carbocycles. The number of halogens is 1. The Morgan fingerprint density at radius 2 is 2.36 bits per heavy atom. The van der Waals surface area contributed by atoms with Crippen molar-refractivity contribution in [3.63, 3.8) is 0 Å². The molecular weight excluding hydrogens is 332 g/mol. The van der Waals surface area contributed by atoms with E-state index in [0.717, 1.165) is 0 Å². The monoisotopic (exact) mass is 348 g/mol. The molecule has 0 saturated heterocycles. The van der Waals surface area contributed by atoms with Crippen LogP contribution in [0.2, 0.25) is 5.15 Å². The van der Waals surface area contributed by atoms with Crippen LogP contribution in [0.4, 0.5) is 5.69 Å². The van der Waals surface area contributed by atoms with E-state index < -0.39 is 21.0 Å². The van der Waals surface area contributed by atoms with Gasteiger partial charge in [0.05, 0.1) is 17.6 Å². The third-order valence-corrected chi connectivity index (χ3v) is 5.13. The van der Waals surface area contributed by atoms with Gasteiger partial charge in [0.1, 0.15) is 17.5 Å². The summed E-state index contributed by atoms with van der Waals surface area (Å²) in [7, 11) is -2.40. The quantitative estimate of drug-likeness (QED) is 0.418. The van der Waals surface area contributed by atoms with E-state index in [9.17, 15) is 13.2 Å². The summed E-state index contributed by atoms with van der Waals surface area (Å²) in [5, 5.41) is 11.1. The number of oxime groups is 1. The third kappa shape index (κ3) is 4.31. The van der Waals surface area contributed by atoms with Crippen molar-refractivity contribution in [3.8, 4) is 0 Å². The van der Waals surface area contributed by atoms with Gasteiger partial charge in [-0.15, -0.1) is 6.58 Å². The lowest BCUT2D eigenvalue weighted by atomic mass is 10.2. The Balaban J connectivity index is 3.11. The van der Waals surface area contributed by atoms with Crippen molar-refractivity contribution in [1.29, 1.82) is 0 Å². The number of aromatic nitrogens is 2. The molecule has 10 heteroatoms. The maximum absolute atomic E-state index is 12.3. The molecule has 1 rings (SSSR count). The first-order chi connectivity index (χ1) is 10.4. The van der Waals surface area contributed by atoms with Crippen molar-refractivity contribution in [2.75, 3.05) is 18.2 Å². The molecule has 1 unspecified atom stereocenters. The number of anilines is 1. The molecule has 1 heterocycles. The van der Waals surface area contributed by atoms with Crippen LogP contribution in [0.3, 0.4) is 0 Å². The normalized spacial score (nSPS) is 13.5. The molecule has 0 aliphatic rings. The second-order valence-electron chi connectivity index (χ2n) is 4.23. The highest BCUT2D eigenvalue weighted by atomic mass is 35.5. The summed E-state index contributed by atoms with van der Waals surface area (Å²) < 4.78 is 24.4. The minimum Gasteiger partial charge on any atom is -0.399 e. The summed E-state index contributed by atoms with van der Waals surface area (Å²) in [4.78, 5) is 16.9. The lowest BCUT2D eigenvalue weighted by Crippen LogP contribution is -2.39. The largest absolute Gasteiger partial charge is 0.399 e. The minimum atomic E-state index is -3.62. The smallest absolute Gasteiger partial charge is 0.274 e. The van der Waals surface area contributed by atoms with Crippen LogP contribution in [0, 0.1) is 0 Å². The van der Waals surface area contributed by atoms with E-state index in [-0.39, 0.29) is 28.7 Å². The second kappa shape index (κ2) is 7.95. The Labute approximate surface area is 133 Å². The van der Waals surface area contributed by atoms with Gasteiger partial charge in [-0.1, -0.05) is 29.8 Å². The first kappa shape index (κ1) is 18.2. The lowest BCUT2D eigenvalue weighted by Gasteiger charge is -2.16. The van der Waals surface area contributed by atoms with Crippen LogP contribution in [-0.4, -0.2) is 48.3 Å². The number of hydrogen-bond acceptors (Lipinski definition) is 6. The van der Waals surface area contributed by atoms with Crippen LogP contribution in [0.25, 0.3) is 0 Å². The zero-order chi connectivity index (χ0) is 16.8. The fraction of sp³-hybridized carbons (Fsp3) is 0.417. The summed E-state index contributed by atoms with van der Waals surface area (Å²) in [5.74, 6) is -1.00. The molecule has 0 bridgehead atoms. The van der Waals surface area contributed by atoms with Crippen molar-refractivity contribution < 1.29 is 18.0 Å². The van der Waals surface area contributed by atoms with E-state index in [4.69, 9.17) is 11.6 Å². The number of H-pyrrole nitrogens is 1. The molecule has 0 spiro atoms. The number of carbonyl (C=O) groups is 1. The maximum Gasteiger partial charge on any atom is 0.274 e. The Hall–Kier alpha value is -1.87. The molecular formula is C12H17ClN4O4S. The standard InChI is InChI=1S/C12H17ClN4O4S/c1-4-6-22(19,20)9(5-2)10(17-21-3)12(18)15-8-7-14-16-11(8)13/h4,7,9H,1,5-6H2,2-3H3,(H,14,16)(H,15,18). The predicted molar refractivity (Wildman–Crippen MR) is 84.7 cm³/mol. The molecule has 0 aromatic carbocycles. The number of rotatable bonds is 8. The summed E-state index contributed by atoms with van der Waals surface area (Å²) in [5.41, 5.74) is -0.0458. The van der Waals surface area contributed by atoms with Gasteiger partial charge in [0.15, 0.2) is 15.5 Å². The molecule has 0 aliphatic carbocycles. The summed E-state index contributed by atoms with van der Waals surface area (Å²) in [6.07, 6.45) is 2.71. The molecule has 1 aromatic rings. The lowest BCUT2D eigenvalue weighted by molar-refractivity contribution is -0.110. The van der Waals surface area contributed by atoms with Crippen LogP contribution in [0.1, 0.15) is 13.3 Å². The molecule has 8 nitrogen and oxygen atoms in total. The van der Waals surface area contributed by atoms with E-state index >= 15 is 0 Å². The van der Waals surface area contributed by atoms with Crippen molar-refractivity contribution in [2.45, 2.75) is 18.6 Å². The number of carbonyl (C=O) groups excluding carboxylic acids is 1. The molecule has 1 amide bonds. The van der Waals surface area contributed by atoms with E-state index in [1.54, 1.807) is 6.92 Å². The second-order valence-corrected chi connectivity index (χ2v) is 6.83. The Morgan fingerprint density at radius 3 is 2.82 bits per heavy atom. The van der Waals surface area contributed by atoms with Gasteiger partial charge in [-0.3, -0.25) is 9.89 Å². The summed E-state index contributed by atoms with van der Waals surface area (Å²) in [6.45, 7) is 5.04. The Kier molecular flexibility index (Phi) is 6.57. The highest BCUT2D eigenvalue weighted by Gasteiger charge is 2.33. The van der Waals surface area contributed by atoms with Crippen LogP contribution in [0.15, 0.2) is 24.0 Å². The van der Waals surface area contributed by atoms with Gasteiger partial charge in [0, 0.05) is 0 Å². The van der Waals surface area contributed by atoms with E-state index in [1.807, 2.05) is 0 Å². The topological polar surface area (TPSA) is 114 Å². The van der Waals surface area contributed by atoms with Gasteiger partial charge >= 0.3 is 0 Å². The molecule has 1 atom stereocenters. The molecule has 122 valence electrons. The molecule has 0 fully saturated rings. The molecule has 0 radical (unpaired) electrons. The fourth-order valence-corrected chi connectivity index (χ4v) is 3.49. The SMILES string of the molecule is C=CCS(=O)(=O)C(CC)C(=NOC)C(=O)Nc1cn[nH]c1Cl. The zero-order valence-corrected chi connectivity index (χ0v) is 13.7. The number of sulfone groups is 1. The minimum absolute atomic E-state index is 0.118. The van der Waals surface area contributed by atoms with Crippen LogP contribution in [0.5, 0.6) is 0 Å². The average Bonchev–Trinajstić information content (AvgIpc) is 2.83. The average molecular weight is 349 g/mol. The van der Waals surface area contributed by atoms with Gasteiger partial charge in [-0.05, 0) is 6.42 Å². The molecule has 0 aliphatic heterocycles. The summed E-state index contributed by atoms with van der Waals surface area (Å²) in [6, 6.07) is 0. The van der Waals surface area contributed by atoms with Crippen LogP contribution < -0.4 is 5.32 Å². The molecule has 22 heavy (non-hydrogen) atoms. The van der Waals surface area contributed by atoms with Gasteiger partial charge in [0.25, 0.3) is 5.91 Å². The van der Waals surface area contributed by atoms with Crippen LogP contribution >= 0.6 is 11.6 Å².